The van der Waals surface area contributed by atoms with Crippen LogP contribution in [0.25, 0.3) is 0 Å². The van der Waals surface area contributed by atoms with Crippen LogP contribution in [0.4, 0.5) is 0 Å². The minimum Gasteiger partial charge on any atom is -0.385 e. The molecule has 1 aromatic rings. The van der Waals surface area contributed by atoms with Crippen LogP contribution in [-0.4, -0.2) is 62.9 Å². The van der Waals surface area contributed by atoms with Gasteiger partial charge in [-0.15, -0.1) is 0 Å². The van der Waals surface area contributed by atoms with Crippen molar-refractivity contribution in [3.8, 4) is 0 Å². The van der Waals surface area contributed by atoms with Gasteiger partial charge in [-0.25, -0.2) is 12.7 Å². The normalized spacial score (nSPS) is 12.2. The highest BCUT2D eigenvalue weighted by Crippen LogP contribution is 2.13. The van der Waals surface area contributed by atoms with E-state index >= 15 is 0 Å². The zero-order valence-electron chi connectivity index (χ0n) is 13.1. The molecule has 0 saturated heterocycles. The molecule has 0 saturated carbocycles. The molecule has 0 bridgehead atoms. The van der Waals surface area contributed by atoms with Crippen molar-refractivity contribution in [2.45, 2.75) is 31.2 Å². The summed E-state index contributed by atoms with van der Waals surface area (Å²) in [6.45, 7) is 5.46. The van der Waals surface area contributed by atoms with E-state index < -0.39 is 10.0 Å². The quantitative estimate of drug-likeness (QED) is 0.603. The Balaban J connectivity index is 2.56. The van der Waals surface area contributed by atoms with Crippen LogP contribution in [0.15, 0.2) is 17.3 Å². The molecule has 1 rings (SSSR count). The zero-order chi connectivity index (χ0) is 15.7. The van der Waals surface area contributed by atoms with Crippen LogP contribution < -0.4 is 5.32 Å². The van der Waals surface area contributed by atoms with Gasteiger partial charge in [0, 0.05) is 40.1 Å². The highest BCUT2D eigenvalue weighted by atomic mass is 32.2. The molecular weight excluding hydrogens is 292 g/mol. The van der Waals surface area contributed by atoms with Crippen LogP contribution in [0, 0.1) is 0 Å². The first kappa shape index (κ1) is 18.1. The number of nitrogens with zero attached hydrogens (tertiary/aromatic N) is 3. The first-order chi connectivity index (χ1) is 10.0. The van der Waals surface area contributed by atoms with Gasteiger partial charge in [0.05, 0.1) is 12.7 Å². The second-order valence-electron chi connectivity index (χ2n) is 4.86. The van der Waals surface area contributed by atoms with Gasteiger partial charge in [0.15, 0.2) is 0 Å². The third-order valence-corrected chi connectivity index (χ3v) is 4.89. The van der Waals surface area contributed by atoms with Crippen molar-refractivity contribution in [1.82, 2.24) is 19.4 Å². The summed E-state index contributed by atoms with van der Waals surface area (Å²) in [4.78, 5) is 0.234. The Kier molecular flexibility index (Phi) is 7.87. The SMILES string of the molecule is CCCNCCn1cc(S(=O)(=O)N(C)CCCOC)cn1. The number of hydrogen-bond acceptors (Lipinski definition) is 5. The molecule has 122 valence electrons. The summed E-state index contributed by atoms with van der Waals surface area (Å²) < 4.78 is 32.6. The Hall–Kier alpha value is -0.960. The van der Waals surface area contributed by atoms with Crippen molar-refractivity contribution < 1.29 is 13.2 Å². The molecule has 0 aliphatic rings. The molecule has 0 atom stereocenters. The Bertz CT molecular complexity index is 501. The first-order valence-corrected chi connectivity index (χ1v) is 8.64. The molecule has 0 aliphatic carbocycles. The molecule has 8 heteroatoms. The van der Waals surface area contributed by atoms with Crippen molar-refractivity contribution in [3.63, 3.8) is 0 Å². The third-order valence-electron chi connectivity index (χ3n) is 3.08. The summed E-state index contributed by atoms with van der Waals surface area (Å²) in [7, 11) is -0.283. The molecule has 7 nitrogen and oxygen atoms in total. The smallest absolute Gasteiger partial charge is 0.245 e. The predicted octanol–water partition coefficient (Wildman–Crippen LogP) is 0.540. The van der Waals surface area contributed by atoms with Crippen molar-refractivity contribution >= 4 is 10.0 Å². The average molecular weight is 318 g/mol. The minimum atomic E-state index is -3.46. The van der Waals surface area contributed by atoms with Crippen molar-refractivity contribution in [1.29, 1.82) is 0 Å². The zero-order valence-corrected chi connectivity index (χ0v) is 13.9. The van der Waals surface area contributed by atoms with Crippen LogP contribution in [0.5, 0.6) is 0 Å². The molecule has 0 aromatic carbocycles. The molecule has 0 aliphatic heterocycles. The lowest BCUT2D eigenvalue weighted by atomic mass is 10.5. The topological polar surface area (TPSA) is 76.5 Å². The Labute approximate surface area is 127 Å². The third kappa shape index (κ3) is 5.74. The summed E-state index contributed by atoms with van der Waals surface area (Å²) in [5.41, 5.74) is 0. The van der Waals surface area contributed by atoms with E-state index in [0.29, 0.717) is 26.1 Å². The molecule has 0 fully saturated rings. The number of aromatic nitrogens is 2. The van der Waals surface area contributed by atoms with Gasteiger partial charge in [-0.1, -0.05) is 6.92 Å². The summed E-state index contributed by atoms with van der Waals surface area (Å²) in [5.74, 6) is 0. The maximum atomic E-state index is 12.3. The predicted molar refractivity (Wildman–Crippen MR) is 81.7 cm³/mol. The molecule has 1 heterocycles. The highest BCUT2D eigenvalue weighted by Gasteiger charge is 2.22. The summed E-state index contributed by atoms with van der Waals surface area (Å²) in [5, 5.41) is 7.36. The Morgan fingerprint density at radius 2 is 2.19 bits per heavy atom. The highest BCUT2D eigenvalue weighted by molar-refractivity contribution is 7.89. The molecule has 1 aromatic heterocycles. The first-order valence-electron chi connectivity index (χ1n) is 7.20. The van der Waals surface area contributed by atoms with Gasteiger partial charge in [0.1, 0.15) is 4.90 Å². The molecule has 0 unspecified atom stereocenters. The van der Waals surface area contributed by atoms with E-state index in [1.807, 2.05) is 0 Å². The monoisotopic (exact) mass is 318 g/mol. The molecule has 0 spiro atoms. The average Bonchev–Trinajstić information content (AvgIpc) is 2.93. The number of hydrogen-bond donors (Lipinski definition) is 1. The molecule has 1 N–H and O–H groups in total. The van der Waals surface area contributed by atoms with Crippen LogP contribution >= 0.6 is 0 Å². The number of methoxy groups -OCH3 is 1. The summed E-state index contributed by atoms with van der Waals surface area (Å²) in [6.07, 6.45) is 4.73. The summed E-state index contributed by atoms with van der Waals surface area (Å²) in [6, 6.07) is 0. The Morgan fingerprint density at radius 1 is 1.43 bits per heavy atom. The van der Waals surface area contributed by atoms with Crippen molar-refractivity contribution in [2.75, 3.05) is 40.4 Å². The largest absolute Gasteiger partial charge is 0.385 e. The lowest BCUT2D eigenvalue weighted by Gasteiger charge is -2.15. The fourth-order valence-electron chi connectivity index (χ4n) is 1.83. The second kappa shape index (κ2) is 9.14. The Morgan fingerprint density at radius 3 is 2.86 bits per heavy atom. The van der Waals surface area contributed by atoms with Crippen LogP contribution in [-0.2, 0) is 21.3 Å². The fourth-order valence-corrected chi connectivity index (χ4v) is 2.99. The number of sulfonamides is 1. The van der Waals surface area contributed by atoms with E-state index in [4.69, 9.17) is 4.74 Å². The van der Waals surface area contributed by atoms with Crippen LogP contribution in [0.2, 0.25) is 0 Å². The molecular formula is C13H26N4O3S. The van der Waals surface area contributed by atoms with Crippen molar-refractivity contribution in [2.24, 2.45) is 0 Å². The fraction of sp³-hybridized carbons (Fsp3) is 0.769. The van der Waals surface area contributed by atoms with E-state index in [-0.39, 0.29) is 4.90 Å². The van der Waals surface area contributed by atoms with Gasteiger partial charge < -0.3 is 10.1 Å². The maximum absolute atomic E-state index is 12.3. The van der Waals surface area contributed by atoms with Crippen LogP contribution in [0.3, 0.4) is 0 Å². The number of nitrogens with one attached hydrogen (secondary N) is 1. The van der Waals surface area contributed by atoms with E-state index in [9.17, 15) is 8.42 Å². The van der Waals surface area contributed by atoms with E-state index in [0.717, 1.165) is 19.5 Å². The van der Waals surface area contributed by atoms with Gasteiger partial charge in [-0.2, -0.15) is 5.10 Å². The second-order valence-corrected chi connectivity index (χ2v) is 6.91. The summed E-state index contributed by atoms with van der Waals surface area (Å²) >= 11 is 0. The molecule has 0 amide bonds. The van der Waals surface area contributed by atoms with Crippen molar-refractivity contribution in [3.05, 3.63) is 12.4 Å². The van der Waals surface area contributed by atoms with Gasteiger partial charge in [-0.05, 0) is 19.4 Å². The lowest BCUT2D eigenvalue weighted by molar-refractivity contribution is 0.189. The minimum absolute atomic E-state index is 0.234. The standard InChI is InChI=1S/C13H26N4O3S/c1-4-6-14-7-9-17-12-13(11-15-17)21(18,19)16(2)8-5-10-20-3/h11-12,14H,4-10H2,1-3H3. The molecule has 0 radical (unpaired) electrons. The van der Waals surface area contributed by atoms with Gasteiger partial charge >= 0.3 is 0 Å². The molecule has 21 heavy (non-hydrogen) atoms. The maximum Gasteiger partial charge on any atom is 0.245 e. The van der Waals surface area contributed by atoms with E-state index in [2.05, 4.69) is 17.3 Å². The van der Waals surface area contributed by atoms with Gasteiger partial charge in [-0.3, -0.25) is 4.68 Å². The van der Waals surface area contributed by atoms with E-state index in [1.165, 1.54) is 10.5 Å². The lowest BCUT2D eigenvalue weighted by Crippen LogP contribution is -2.28. The van der Waals surface area contributed by atoms with E-state index in [1.54, 1.807) is 25.0 Å². The number of rotatable bonds is 11. The van der Waals surface area contributed by atoms with Gasteiger partial charge in [0.2, 0.25) is 10.0 Å². The van der Waals surface area contributed by atoms with Gasteiger partial charge in [0.25, 0.3) is 0 Å². The number of ether oxygens (including phenoxy) is 1. The van der Waals surface area contributed by atoms with Crippen LogP contribution in [0.1, 0.15) is 19.8 Å².